The number of hydrogen-bond acceptors (Lipinski definition) is 4. The van der Waals surface area contributed by atoms with Crippen LogP contribution in [0.25, 0.3) is 11.1 Å². The van der Waals surface area contributed by atoms with Gasteiger partial charge >= 0.3 is 5.97 Å². The number of carboxylic acids is 1. The van der Waals surface area contributed by atoms with Crippen LogP contribution in [-0.2, 0) is 10.3 Å². The molecule has 0 aliphatic rings. The first kappa shape index (κ1) is 11.6. The van der Waals surface area contributed by atoms with Crippen molar-refractivity contribution in [1.29, 1.82) is 0 Å². The van der Waals surface area contributed by atoms with Crippen molar-refractivity contribution in [3.05, 3.63) is 29.7 Å². The second-order valence-electron chi connectivity index (χ2n) is 4.22. The first-order valence-corrected chi connectivity index (χ1v) is 5.13. The predicted molar refractivity (Wildman–Crippen MR) is 61.0 cm³/mol. The normalized spacial score (nSPS) is 11.9. The Labute approximate surface area is 98.0 Å². The topological polar surface area (TPSA) is 72.6 Å². The van der Waals surface area contributed by atoms with E-state index in [0.29, 0.717) is 17.0 Å². The Kier molecular flexibility index (Phi) is 2.63. The van der Waals surface area contributed by atoms with E-state index in [1.165, 1.54) is 12.1 Å². The summed E-state index contributed by atoms with van der Waals surface area (Å²) in [5.41, 5.74) is 0.621. The van der Waals surface area contributed by atoms with Gasteiger partial charge in [-0.2, -0.15) is 0 Å². The van der Waals surface area contributed by atoms with Gasteiger partial charge < -0.3 is 14.3 Å². The van der Waals surface area contributed by atoms with E-state index >= 15 is 0 Å². The van der Waals surface area contributed by atoms with Gasteiger partial charge in [0.2, 0.25) is 5.89 Å². The molecule has 5 nitrogen and oxygen atoms in total. The molecule has 0 saturated heterocycles. The molecule has 17 heavy (non-hydrogen) atoms. The number of aromatic carboxylic acids is 1. The van der Waals surface area contributed by atoms with Gasteiger partial charge in [0.05, 0.1) is 5.56 Å². The molecule has 90 valence electrons. The van der Waals surface area contributed by atoms with Crippen LogP contribution < -0.4 is 0 Å². The monoisotopic (exact) mass is 235 g/mol. The highest BCUT2D eigenvalue weighted by atomic mass is 16.5. The molecule has 1 N–H and O–H groups in total. The van der Waals surface area contributed by atoms with Crippen LogP contribution in [0, 0.1) is 0 Å². The second-order valence-corrected chi connectivity index (χ2v) is 4.22. The summed E-state index contributed by atoms with van der Waals surface area (Å²) in [7, 11) is 1.57. The molecule has 5 heteroatoms. The Hall–Kier alpha value is -1.88. The van der Waals surface area contributed by atoms with Crippen LogP contribution in [0.5, 0.6) is 0 Å². The molecule has 0 fully saturated rings. The van der Waals surface area contributed by atoms with Gasteiger partial charge in [0, 0.05) is 7.11 Å². The Morgan fingerprint density at radius 2 is 2.18 bits per heavy atom. The summed E-state index contributed by atoms with van der Waals surface area (Å²) in [6.45, 7) is 3.66. The van der Waals surface area contributed by atoms with E-state index in [4.69, 9.17) is 14.3 Å². The molecular formula is C12H13NO4. The largest absolute Gasteiger partial charge is 0.478 e. The molecule has 0 saturated carbocycles. The summed E-state index contributed by atoms with van der Waals surface area (Å²) in [5.74, 6) is -0.556. The number of hydrogen-bond donors (Lipinski definition) is 1. The summed E-state index contributed by atoms with van der Waals surface area (Å²) < 4.78 is 10.8. The standard InChI is InChI=1S/C12H13NO4/c1-12(2,16-3)11-13-8-6-7(10(14)15)4-5-9(8)17-11/h4-6H,1-3H3,(H,14,15). The number of benzene rings is 1. The van der Waals surface area contributed by atoms with Crippen LogP contribution in [0.4, 0.5) is 0 Å². The molecule has 2 rings (SSSR count). The quantitative estimate of drug-likeness (QED) is 0.884. The minimum atomic E-state index is -0.984. The molecular weight excluding hydrogens is 222 g/mol. The second kappa shape index (κ2) is 3.85. The maximum Gasteiger partial charge on any atom is 0.335 e. The van der Waals surface area contributed by atoms with Crippen LogP contribution in [0.1, 0.15) is 30.1 Å². The van der Waals surface area contributed by atoms with Crippen LogP contribution in [-0.4, -0.2) is 23.2 Å². The molecule has 0 aliphatic carbocycles. The van der Waals surface area contributed by atoms with E-state index in [9.17, 15) is 4.79 Å². The van der Waals surface area contributed by atoms with Gasteiger partial charge in [0.1, 0.15) is 11.1 Å². The smallest absolute Gasteiger partial charge is 0.335 e. The first-order valence-electron chi connectivity index (χ1n) is 5.13. The summed E-state index contributed by atoms with van der Waals surface area (Å²) in [4.78, 5) is 15.1. The Morgan fingerprint density at radius 3 is 2.76 bits per heavy atom. The third kappa shape index (κ3) is 2.01. The fourth-order valence-electron chi connectivity index (χ4n) is 1.41. The number of nitrogens with zero attached hydrogens (tertiary/aromatic N) is 1. The van der Waals surface area contributed by atoms with Crippen LogP contribution in [0.15, 0.2) is 22.6 Å². The number of oxazole rings is 1. The maximum absolute atomic E-state index is 10.8. The van der Waals surface area contributed by atoms with Crippen molar-refractivity contribution >= 4 is 17.1 Å². The molecule has 0 bridgehead atoms. The van der Waals surface area contributed by atoms with Crippen molar-refractivity contribution in [3.8, 4) is 0 Å². The molecule has 1 heterocycles. The lowest BCUT2D eigenvalue weighted by atomic mass is 10.1. The molecule has 0 amide bonds. The number of carbonyl (C=O) groups is 1. The third-order valence-corrected chi connectivity index (χ3v) is 2.66. The fourth-order valence-corrected chi connectivity index (χ4v) is 1.41. The van der Waals surface area contributed by atoms with Crippen molar-refractivity contribution in [2.24, 2.45) is 0 Å². The van der Waals surface area contributed by atoms with E-state index < -0.39 is 11.6 Å². The molecule has 0 atom stereocenters. The van der Waals surface area contributed by atoms with Crippen molar-refractivity contribution in [2.45, 2.75) is 19.4 Å². The minimum absolute atomic E-state index is 0.188. The molecule has 0 unspecified atom stereocenters. The van der Waals surface area contributed by atoms with E-state index in [-0.39, 0.29) is 5.56 Å². The average Bonchev–Trinajstić information content (AvgIpc) is 2.72. The zero-order chi connectivity index (χ0) is 12.6. The summed E-state index contributed by atoms with van der Waals surface area (Å²) in [6, 6.07) is 4.57. The van der Waals surface area contributed by atoms with Crippen LogP contribution >= 0.6 is 0 Å². The highest BCUT2D eigenvalue weighted by Gasteiger charge is 2.26. The SMILES string of the molecule is COC(C)(C)c1nc2cc(C(=O)O)ccc2o1. The summed E-state index contributed by atoms with van der Waals surface area (Å²) in [6.07, 6.45) is 0. The summed E-state index contributed by atoms with van der Waals surface area (Å²) >= 11 is 0. The minimum Gasteiger partial charge on any atom is -0.478 e. The van der Waals surface area contributed by atoms with Gasteiger partial charge in [-0.3, -0.25) is 0 Å². The molecule has 0 radical (unpaired) electrons. The highest BCUT2D eigenvalue weighted by molar-refractivity contribution is 5.91. The molecule has 2 aromatic rings. The average molecular weight is 235 g/mol. The third-order valence-electron chi connectivity index (χ3n) is 2.66. The Morgan fingerprint density at radius 1 is 1.47 bits per heavy atom. The number of methoxy groups -OCH3 is 1. The lowest BCUT2D eigenvalue weighted by molar-refractivity contribution is -0.00242. The van der Waals surface area contributed by atoms with E-state index in [1.807, 2.05) is 13.8 Å². The van der Waals surface area contributed by atoms with Crippen molar-refractivity contribution in [1.82, 2.24) is 4.98 Å². The first-order chi connectivity index (χ1) is 7.94. The van der Waals surface area contributed by atoms with Crippen LogP contribution in [0.3, 0.4) is 0 Å². The van der Waals surface area contributed by atoms with Gasteiger partial charge in [0.15, 0.2) is 5.58 Å². The molecule has 1 aromatic heterocycles. The van der Waals surface area contributed by atoms with Gasteiger partial charge in [-0.25, -0.2) is 9.78 Å². The Balaban J connectivity index is 2.54. The van der Waals surface area contributed by atoms with Gasteiger partial charge in [-0.05, 0) is 32.0 Å². The Bertz CT molecular complexity index is 571. The number of fused-ring (bicyclic) bond motifs is 1. The van der Waals surface area contributed by atoms with E-state index in [1.54, 1.807) is 13.2 Å². The molecule has 1 aromatic carbocycles. The highest BCUT2D eigenvalue weighted by Crippen LogP contribution is 2.27. The van der Waals surface area contributed by atoms with Crippen molar-refractivity contribution < 1.29 is 19.1 Å². The van der Waals surface area contributed by atoms with Gasteiger partial charge in [-0.15, -0.1) is 0 Å². The number of aromatic nitrogens is 1. The predicted octanol–water partition coefficient (Wildman–Crippen LogP) is 2.41. The molecule has 0 aliphatic heterocycles. The number of carboxylic acid groups (broad SMARTS) is 1. The zero-order valence-corrected chi connectivity index (χ0v) is 9.85. The summed E-state index contributed by atoms with van der Waals surface area (Å²) in [5, 5.41) is 8.87. The lowest BCUT2D eigenvalue weighted by Crippen LogP contribution is -2.19. The fraction of sp³-hybridized carbons (Fsp3) is 0.333. The van der Waals surface area contributed by atoms with Crippen molar-refractivity contribution in [2.75, 3.05) is 7.11 Å². The van der Waals surface area contributed by atoms with E-state index in [0.717, 1.165) is 0 Å². The van der Waals surface area contributed by atoms with Crippen LogP contribution in [0.2, 0.25) is 0 Å². The van der Waals surface area contributed by atoms with Gasteiger partial charge in [-0.1, -0.05) is 0 Å². The molecule has 0 spiro atoms. The van der Waals surface area contributed by atoms with Gasteiger partial charge in [0.25, 0.3) is 0 Å². The maximum atomic E-state index is 10.8. The number of ether oxygens (including phenoxy) is 1. The number of rotatable bonds is 3. The zero-order valence-electron chi connectivity index (χ0n) is 9.85. The lowest BCUT2D eigenvalue weighted by Gasteiger charge is -2.17. The van der Waals surface area contributed by atoms with Crippen molar-refractivity contribution in [3.63, 3.8) is 0 Å². The van der Waals surface area contributed by atoms with E-state index in [2.05, 4.69) is 4.98 Å².